The fourth-order valence-corrected chi connectivity index (χ4v) is 2.45. The molecule has 0 atom stereocenters. The molecule has 2 rings (SSSR count). The second kappa shape index (κ2) is 6.29. The molecule has 0 aliphatic heterocycles. The molecule has 0 unspecified atom stereocenters. The van der Waals surface area contributed by atoms with Gasteiger partial charge in [0.1, 0.15) is 11.9 Å². The van der Waals surface area contributed by atoms with E-state index in [4.69, 9.17) is 5.26 Å². The lowest BCUT2D eigenvalue weighted by atomic mass is 10.1. The molecule has 0 fully saturated rings. The molecule has 2 aromatic rings. The number of nitriles is 1. The standard InChI is InChI=1S/C14H13FN2S/c15-14-4-2-1-3-12(14)5-6-17-9-13-7-11(8-16)10-18-13/h1-4,7,10,17H,5-6,9H2. The van der Waals surface area contributed by atoms with E-state index in [1.165, 1.54) is 6.07 Å². The maximum atomic E-state index is 13.3. The number of thiophene rings is 1. The fraction of sp³-hybridized carbons (Fsp3) is 0.214. The van der Waals surface area contributed by atoms with Gasteiger partial charge in [-0.2, -0.15) is 5.26 Å². The summed E-state index contributed by atoms with van der Waals surface area (Å²) in [4.78, 5) is 1.13. The van der Waals surface area contributed by atoms with Crippen LogP contribution in [0.15, 0.2) is 35.7 Å². The van der Waals surface area contributed by atoms with E-state index < -0.39 is 0 Å². The lowest BCUT2D eigenvalue weighted by Gasteiger charge is -2.04. The zero-order valence-corrected chi connectivity index (χ0v) is 10.6. The smallest absolute Gasteiger partial charge is 0.126 e. The largest absolute Gasteiger partial charge is 0.312 e. The minimum absolute atomic E-state index is 0.151. The van der Waals surface area contributed by atoms with Crippen LogP contribution in [0.5, 0.6) is 0 Å². The van der Waals surface area contributed by atoms with E-state index in [9.17, 15) is 4.39 Å². The molecule has 2 nitrogen and oxygen atoms in total. The van der Waals surface area contributed by atoms with Crippen LogP contribution in [0, 0.1) is 17.1 Å². The van der Waals surface area contributed by atoms with E-state index >= 15 is 0 Å². The Morgan fingerprint density at radius 2 is 2.17 bits per heavy atom. The topological polar surface area (TPSA) is 35.8 Å². The van der Waals surface area contributed by atoms with Crippen molar-refractivity contribution in [1.29, 1.82) is 5.26 Å². The number of hydrogen-bond donors (Lipinski definition) is 1. The number of nitrogens with one attached hydrogen (secondary N) is 1. The number of rotatable bonds is 5. The van der Waals surface area contributed by atoms with Crippen molar-refractivity contribution in [3.05, 3.63) is 57.5 Å². The molecule has 18 heavy (non-hydrogen) atoms. The van der Waals surface area contributed by atoms with Gasteiger partial charge in [-0.25, -0.2) is 4.39 Å². The summed E-state index contributed by atoms with van der Waals surface area (Å²) in [5.74, 6) is -0.151. The Morgan fingerprint density at radius 1 is 1.33 bits per heavy atom. The van der Waals surface area contributed by atoms with Crippen molar-refractivity contribution >= 4 is 11.3 Å². The van der Waals surface area contributed by atoms with Crippen molar-refractivity contribution < 1.29 is 4.39 Å². The maximum Gasteiger partial charge on any atom is 0.126 e. The third-order valence-electron chi connectivity index (χ3n) is 2.61. The van der Waals surface area contributed by atoms with E-state index in [1.807, 2.05) is 17.5 Å². The van der Waals surface area contributed by atoms with Crippen molar-refractivity contribution in [1.82, 2.24) is 5.32 Å². The number of halogens is 1. The van der Waals surface area contributed by atoms with Crippen molar-refractivity contribution in [3.63, 3.8) is 0 Å². The molecule has 92 valence electrons. The fourth-order valence-electron chi connectivity index (χ4n) is 1.67. The van der Waals surface area contributed by atoms with Crippen molar-refractivity contribution in [2.24, 2.45) is 0 Å². The molecule has 0 aliphatic carbocycles. The van der Waals surface area contributed by atoms with Gasteiger partial charge in [-0.15, -0.1) is 11.3 Å². The summed E-state index contributed by atoms with van der Waals surface area (Å²) in [6, 6.07) is 10.8. The molecule has 0 saturated carbocycles. The van der Waals surface area contributed by atoms with Gasteiger partial charge in [0.2, 0.25) is 0 Å². The second-order valence-electron chi connectivity index (χ2n) is 3.93. The Balaban J connectivity index is 1.77. The van der Waals surface area contributed by atoms with E-state index in [2.05, 4.69) is 11.4 Å². The second-order valence-corrected chi connectivity index (χ2v) is 4.93. The van der Waals surface area contributed by atoms with E-state index in [0.29, 0.717) is 12.0 Å². The predicted molar refractivity (Wildman–Crippen MR) is 70.8 cm³/mol. The van der Waals surface area contributed by atoms with E-state index in [0.717, 1.165) is 23.5 Å². The number of hydrogen-bond acceptors (Lipinski definition) is 3. The summed E-state index contributed by atoms with van der Waals surface area (Å²) >= 11 is 1.56. The first-order valence-corrected chi connectivity index (χ1v) is 6.59. The molecule has 0 bridgehead atoms. The third-order valence-corrected chi connectivity index (χ3v) is 3.55. The van der Waals surface area contributed by atoms with Crippen LogP contribution in [0.2, 0.25) is 0 Å². The van der Waals surface area contributed by atoms with Crippen LogP contribution < -0.4 is 5.32 Å². The molecule has 4 heteroatoms. The first-order valence-electron chi connectivity index (χ1n) is 5.71. The Labute approximate surface area is 110 Å². The van der Waals surface area contributed by atoms with Crippen molar-refractivity contribution in [2.75, 3.05) is 6.54 Å². The third kappa shape index (κ3) is 3.39. The van der Waals surface area contributed by atoms with Crippen LogP contribution >= 0.6 is 11.3 Å². The average Bonchev–Trinajstić information content (AvgIpc) is 2.84. The molecule has 1 N–H and O–H groups in total. The quantitative estimate of drug-likeness (QED) is 0.839. The van der Waals surface area contributed by atoms with E-state index in [1.54, 1.807) is 23.5 Å². The van der Waals surface area contributed by atoms with Crippen LogP contribution in [0.4, 0.5) is 4.39 Å². The van der Waals surface area contributed by atoms with Gasteiger partial charge in [0, 0.05) is 16.8 Å². The SMILES string of the molecule is N#Cc1csc(CNCCc2ccccc2F)c1. The van der Waals surface area contributed by atoms with Crippen molar-refractivity contribution in [3.8, 4) is 6.07 Å². The summed E-state index contributed by atoms with van der Waals surface area (Å²) in [6.45, 7) is 1.45. The zero-order chi connectivity index (χ0) is 12.8. The first kappa shape index (κ1) is 12.7. The Hall–Kier alpha value is -1.70. The monoisotopic (exact) mass is 260 g/mol. The van der Waals surface area contributed by atoms with Gasteiger partial charge in [0.05, 0.1) is 5.56 Å². The molecular formula is C14H13FN2S. The Bertz CT molecular complexity index is 557. The highest BCUT2D eigenvalue weighted by molar-refractivity contribution is 7.10. The Kier molecular flexibility index (Phi) is 4.46. The highest BCUT2D eigenvalue weighted by atomic mass is 32.1. The Morgan fingerprint density at radius 3 is 2.89 bits per heavy atom. The molecule has 0 saturated heterocycles. The molecular weight excluding hydrogens is 247 g/mol. The average molecular weight is 260 g/mol. The summed E-state index contributed by atoms with van der Waals surface area (Å²) in [7, 11) is 0. The van der Waals surface area contributed by atoms with Crippen LogP contribution in [0.3, 0.4) is 0 Å². The van der Waals surface area contributed by atoms with Gasteiger partial charge in [0.25, 0.3) is 0 Å². The molecule has 0 amide bonds. The minimum Gasteiger partial charge on any atom is -0.312 e. The van der Waals surface area contributed by atoms with Gasteiger partial charge < -0.3 is 5.32 Å². The summed E-state index contributed by atoms with van der Waals surface area (Å²) < 4.78 is 13.3. The highest BCUT2D eigenvalue weighted by Gasteiger charge is 2.01. The van der Waals surface area contributed by atoms with Gasteiger partial charge in [-0.3, -0.25) is 0 Å². The number of benzene rings is 1. The molecule has 1 heterocycles. The molecule has 0 spiro atoms. The summed E-state index contributed by atoms with van der Waals surface area (Å²) in [5.41, 5.74) is 1.43. The van der Waals surface area contributed by atoms with E-state index in [-0.39, 0.29) is 5.82 Å². The minimum atomic E-state index is -0.151. The normalized spacial score (nSPS) is 10.2. The summed E-state index contributed by atoms with van der Waals surface area (Å²) in [6.07, 6.45) is 0.670. The van der Waals surface area contributed by atoms with Gasteiger partial charge in [-0.1, -0.05) is 18.2 Å². The lowest BCUT2D eigenvalue weighted by Crippen LogP contribution is -2.16. The lowest BCUT2D eigenvalue weighted by molar-refractivity contribution is 0.598. The predicted octanol–water partition coefficient (Wildman–Crippen LogP) is 3.09. The zero-order valence-electron chi connectivity index (χ0n) is 9.82. The first-order chi connectivity index (χ1) is 8.79. The van der Waals surface area contributed by atoms with Gasteiger partial charge in [0.15, 0.2) is 0 Å². The van der Waals surface area contributed by atoms with Crippen LogP contribution in [0.25, 0.3) is 0 Å². The molecule has 0 radical (unpaired) electrons. The highest BCUT2D eigenvalue weighted by Crippen LogP contribution is 2.13. The van der Waals surface area contributed by atoms with Crippen LogP contribution in [0.1, 0.15) is 16.0 Å². The maximum absolute atomic E-state index is 13.3. The van der Waals surface area contributed by atoms with Crippen LogP contribution in [-0.4, -0.2) is 6.54 Å². The van der Waals surface area contributed by atoms with Crippen LogP contribution in [-0.2, 0) is 13.0 Å². The summed E-state index contributed by atoms with van der Waals surface area (Å²) in [5, 5.41) is 13.8. The van der Waals surface area contributed by atoms with Gasteiger partial charge in [-0.05, 0) is 30.7 Å². The number of nitrogens with zero attached hydrogens (tertiary/aromatic N) is 1. The molecule has 1 aromatic carbocycles. The molecule has 0 aliphatic rings. The molecule has 1 aromatic heterocycles. The van der Waals surface area contributed by atoms with Crippen molar-refractivity contribution in [2.45, 2.75) is 13.0 Å². The van der Waals surface area contributed by atoms with Gasteiger partial charge >= 0.3 is 0 Å².